The normalized spacial score (nSPS) is 20.1. The van der Waals surface area contributed by atoms with Crippen molar-refractivity contribution in [3.8, 4) is 0 Å². The van der Waals surface area contributed by atoms with E-state index in [0.29, 0.717) is 5.41 Å². The second-order valence-electron chi connectivity index (χ2n) is 6.84. The van der Waals surface area contributed by atoms with Crippen LogP contribution in [0.4, 0.5) is 0 Å². The van der Waals surface area contributed by atoms with E-state index in [0.717, 1.165) is 38.5 Å². The van der Waals surface area contributed by atoms with Crippen LogP contribution in [-0.2, 0) is 4.79 Å². The standard InChI is InChI=1S/C14H28N2O.ClH/c1-11(7-10-13(2,3)4)16-12(17)14(15)8-5-6-9-14;/h11H,5-10,15H2,1-4H3,(H,16,17);1H. The van der Waals surface area contributed by atoms with Crippen molar-refractivity contribution in [1.29, 1.82) is 0 Å². The summed E-state index contributed by atoms with van der Waals surface area (Å²) < 4.78 is 0. The number of halogens is 1. The molecule has 1 aliphatic rings. The smallest absolute Gasteiger partial charge is 0.240 e. The minimum Gasteiger partial charge on any atom is -0.352 e. The van der Waals surface area contributed by atoms with Crippen LogP contribution >= 0.6 is 12.4 Å². The van der Waals surface area contributed by atoms with Gasteiger partial charge in [0.2, 0.25) is 5.91 Å². The minimum atomic E-state index is -0.587. The molecule has 1 amide bonds. The zero-order valence-electron chi connectivity index (χ0n) is 12.2. The van der Waals surface area contributed by atoms with E-state index in [4.69, 9.17) is 5.73 Å². The van der Waals surface area contributed by atoms with Crippen molar-refractivity contribution in [2.24, 2.45) is 11.1 Å². The van der Waals surface area contributed by atoms with E-state index >= 15 is 0 Å². The average Bonchev–Trinajstić information content (AvgIpc) is 2.62. The predicted molar refractivity (Wildman–Crippen MR) is 78.9 cm³/mol. The van der Waals surface area contributed by atoms with Crippen LogP contribution in [0, 0.1) is 5.41 Å². The molecule has 3 nitrogen and oxygen atoms in total. The number of amides is 1. The molecule has 4 heteroatoms. The molecule has 1 rings (SSSR count). The Morgan fingerprint density at radius 3 is 2.28 bits per heavy atom. The minimum absolute atomic E-state index is 0. The average molecular weight is 277 g/mol. The van der Waals surface area contributed by atoms with E-state index in [9.17, 15) is 4.79 Å². The molecule has 0 aromatic heterocycles. The van der Waals surface area contributed by atoms with E-state index in [2.05, 4.69) is 33.0 Å². The number of rotatable bonds is 4. The molecule has 1 atom stereocenters. The molecule has 0 heterocycles. The van der Waals surface area contributed by atoms with Gasteiger partial charge >= 0.3 is 0 Å². The van der Waals surface area contributed by atoms with Crippen LogP contribution in [0.2, 0.25) is 0 Å². The number of hydrogen-bond donors (Lipinski definition) is 2. The molecule has 1 aliphatic carbocycles. The first-order valence-corrected chi connectivity index (χ1v) is 6.83. The van der Waals surface area contributed by atoms with Crippen molar-refractivity contribution in [3.05, 3.63) is 0 Å². The molecular formula is C14H29ClN2O. The lowest BCUT2D eigenvalue weighted by Crippen LogP contribution is -2.54. The molecule has 108 valence electrons. The Hall–Kier alpha value is -0.280. The highest BCUT2D eigenvalue weighted by molar-refractivity contribution is 5.86. The van der Waals surface area contributed by atoms with Crippen LogP contribution in [0.3, 0.4) is 0 Å². The molecule has 0 saturated heterocycles. The summed E-state index contributed by atoms with van der Waals surface area (Å²) in [4.78, 5) is 12.1. The first kappa shape index (κ1) is 17.7. The lowest BCUT2D eigenvalue weighted by atomic mass is 9.88. The summed E-state index contributed by atoms with van der Waals surface area (Å²) in [6.07, 6.45) is 5.98. The maximum Gasteiger partial charge on any atom is 0.240 e. The van der Waals surface area contributed by atoms with Crippen molar-refractivity contribution in [1.82, 2.24) is 5.32 Å². The molecule has 0 aromatic rings. The third-order valence-corrected chi connectivity index (χ3v) is 3.65. The maximum atomic E-state index is 12.1. The first-order chi connectivity index (χ1) is 7.73. The fourth-order valence-electron chi connectivity index (χ4n) is 2.32. The summed E-state index contributed by atoms with van der Waals surface area (Å²) >= 11 is 0. The molecule has 0 radical (unpaired) electrons. The van der Waals surface area contributed by atoms with Crippen LogP contribution < -0.4 is 11.1 Å². The molecule has 3 N–H and O–H groups in total. The van der Waals surface area contributed by atoms with E-state index in [1.54, 1.807) is 0 Å². The Bertz CT molecular complexity index is 267. The Morgan fingerprint density at radius 1 is 1.33 bits per heavy atom. The Balaban J connectivity index is 0.00000289. The number of carbonyl (C=O) groups excluding carboxylic acids is 1. The second-order valence-corrected chi connectivity index (χ2v) is 6.84. The Morgan fingerprint density at radius 2 is 1.83 bits per heavy atom. The molecule has 1 unspecified atom stereocenters. The molecule has 1 saturated carbocycles. The highest BCUT2D eigenvalue weighted by Crippen LogP contribution is 2.27. The third kappa shape index (κ3) is 5.57. The largest absolute Gasteiger partial charge is 0.352 e. The molecule has 0 bridgehead atoms. The van der Waals surface area contributed by atoms with Gasteiger partial charge in [0, 0.05) is 6.04 Å². The van der Waals surface area contributed by atoms with Crippen molar-refractivity contribution in [2.75, 3.05) is 0 Å². The van der Waals surface area contributed by atoms with Crippen LogP contribution in [-0.4, -0.2) is 17.5 Å². The topological polar surface area (TPSA) is 55.1 Å². The van der Waals surface area contributed by atoms with E-state index in [1.807, 2.05) is 0 Å². The summed E-state index contributed by atoms with van der Waals surface area (Å²) in [6.45, 7) is 8.75. The summed E-state index contributed by atoms with van der Waals surface area (Å²) in [5.74, 6) is 0.0522. The van der Waals surface area contributed by atoms with Gasteiger partial charge in [0.25, 0.3) is 0 Å². The molecular weight excluding hydrogens is 248 g/mol. The highest BCUT2D eigenvalue weighted by atomic mass is 35.5. The van der Waals surface area contributed by atoms with Gasteiger partial charge in [-0.3, -0.25) is 4.79 Å². The van der Waals surface area contributed by atoms with Gasteiger partial charge < -0.3 is 11.1 Å². The second kappa shape index (κ2) is 6.76. The van der Waals surface area contributed by atoms with E-state index in [-0.39, 0.29) is 24.4 Å². The zero-order chi connectivity index (χ0) is 13.1. The number of nitrogens with one attached hydrogen (secondary N) is 1. The van der Waals surface area contributed by atoms with Gasteiger partial charge in [-0.2, -0.15) is 0 Å². The van der Waals surface area contributed by atoms with Crippen LogP contribution in [0.5, 0.6) is 0 Å². The van der Waals surface area contributed by atoms with Gasteiger partial charge in [0.15, 0.2) is 0 Å². The number of nitrogens with two attached hydrogens (primary N) is 1. The third-order valence-electron chi connectivity index (χ3n) is 3.65. The fourth-order valence-corrected chi connectivity index (χ4v) is 2.32. The van der Waals surface area contributed by atoms with Gasteiger partial charge in [-0.05, 0) is 38.0 Å². The quantitative estimate of drug-likeness (QED) is 0.829. The molecule has 0 aliphatic heterocycles. The first-order valence-electron chi connectivity index (χ1n) is 6.83. The lowest BCUT2D eigenvalue weighted by molar-refractivity contribution is -0.126. The van der Waals surface area contributed by atoms with Crippen LogP contribution in [0.1, 0.15) is 66.2 Å². The summed E-state index contributed by atoms with van der Waals surface area (Å²) in [6, 6.07) is 0.225. The van der Waals surface area contributed by atoms with Crippen LogP contribution in [0.25, 0.3) is 0 Å². The molecule has 0 spiro atoms. The summed E-state index contributed by atoms with van der Waals surface area (Å²) in [7, 11) is 0. The van der Waals surface area contributed by atoms with Gasteiger partial charge in [-0.1, -0.05) is 33.6 Å². The number of carbonyl (C=O) groups is 1. The molecule has 1 fully saturated rings. The van der Waals surface area contributed by atoms with Gasteiger partial charge in [-0.15, -0.1) is 12.4 Å². The van der Waals surface area contributed by atoms with Crippen molar-refractivity contribution >= 4 is 18.3 Å². The van der Waals surface area contributed by atoms with Gasteiger partial charge in [-0.25, -0.2) is 0 Å². The van der Waals surface area contributed by atoms with Gasteiger partial charge in [0.1, 0.15) is 0 Å². The highest BCUT2D eigenvalue weighted by Gasteiger charge is 2.37. The Kier molecular flexibility index (Phi) is 6.66. The van der Waals surface area contributed by atoms with Crippen LogP contribution in [0.15, 0.2) is 0 Å². The Labute approximate surface area is 118 Å². The van der Waals surface area contributed by atoms with E-state index < -0.39 is 5.54 Å². The monoisotopic (exact) mass is 276 g/mol. The summed E-state index contributed by atoms with van der Waals surface area (Å²) in [5, 5.41) is 3.07. The SMILES string of the molecule is CC(CCC(C)(C)C)NC(=O)C1(N)CCCC1.Cl. The molecule has 0 aromatic carbocycles. The lowest BCUT2D eigenvalue weighted by Gasteiger charge is -2.26. The van der Waals surface area contributed by atoms with Crippen molar-refractivity contribution < 1.29 is 4.79 Å². The summed E-state index contributed by atoms with van der Waals surface area (Å²) in [5.41, 5.74) is 5.86. The van der Waals surface area contributed by atoms with E-state index in [1.165, 1.54) is 0 Å². The van der Waals surface area contributed by atoms with Crippen molar-refractivity contribution in [2.45, 2.75) is 77.8 Å². The maximum absolute atomic E-state index is 12.1. The van der Waals surface area contributed by atoms with Gasteiger partial charge in [0.05, 0.1) is 5.54 Å². The molecule has 18 heavy (non-hydrogen) atoms. The zero-order valence-corrected chi connectivity index (χ0v) is 13.0. The van der Waals surface area contributed by atoms with Crippen molar-refractivity contribution in [3.63, 3.8) is 0 Å². The number of hydrogen-bond acceptors (Lipinski definition) is 2. The predicted octanol–water partition coefficient (Wildman–Crippen LogP) is 3.01. The fraction of sp³-hybridized carbons (Fsp3) is 0.929.